The second-order valence-corrected chi connectivity index (χ2v) is 14.4. The number of ether oxygens (including phenoxy) is 3. The number of esters is 1. The Labute approximate surface area is 243 Å². The number of rotatable bonds is 12. The zero-order valence-electron chi connectivity index (χ0n) is 23.3. The number of nitrogens with two attached hydrogens (primary N) is 1. The second-order valence-electron chi connectivity index (χ2n) is 10.1. The van der Waals surface area contributed by atoms with Crippen molar-refractivity contribution in [3.63, 3.8) is 0 Å². The number of anilines is 1. The van der Waals surface area contributed by atoms with Crippen LogP contribution in [-0.4, -0.2) is 103 Å². The summed E-state index contributed by atoms with van der Waals surface area (Å²) in [7, 11) is 1.38. The molecule has 232 valence electrons. The van der Waals surface area contributed by atoms with Gasteiger partial charge in [-0.25, -0.2) is 14.9 Å². The van der Waals surface area contributed by atoms with Gasteiger partial charge in [0.25, 0.3) is 5.91 Å². The molecule has 7 atom stereocenters. The van der Waals surface area contributed by atoms with Crippen LogP contribution in [0.25, 0.3) is 11.2 Å². The summed E-state index contributed by atoms with van der Waals surface area (Å²) in [4.78, 5) is 48.2. The predicted octanol–water partition coefficient (Wildman–Crippen LogP) is -0.578. The Kier molecular flexibility index (Phi) is 9.31. The van der Waals surface area contributed by atoms with Crippen LogP contribution >= 0.6 is 18.1 Å². The lowest BCUT2D eigenvalue weighted by Crippen LogP contribution is -2.44. The summed E-state index contributed by atoms with van der Waals surface area (Å²) in [5, 5.41) is 29.3. The number of urea groups is 1. The summed E-state index contributed by atoms with van der Waals surface area (Å²) in [6, 6.07) is -2.80. The van der Waals surface area contributed by atoms with E-state index in [0.29, 0.717) is 11.4 Å². The number of nitrogen functional groups attached to an aromatic ring is 1. The molecule has 4 rings (SSSR count). The number of aliphatic hydroxyl groups excluding tert-OH is 1. The third kappa shape index (κ3) is 6.61. The molecule has 2 fully saturated rings. The first-order valence-electron chi connectivity index (χ1n) is 12.7. The highest BCUT2D eigenvalue weighted by atomic mass is 32.7. The molecular weight excluding hydrogens is 599 g/mol. The number of nitrogens with one attached hydrogen (secondary N) is 3. The van der Waals surface area contributed by atoms with Crippen LogP contribution in [0, 0.1) is 0 Å². The molecule has 2 aromatic rings. The monoisotopic (exact) mass is 632 g/mol. The molecule has 2 saturated heterocycles. The number of imide groups is 1. The first-order chi connectivity index (χ1) is 19.6. The van der Waals surface area contributed by atoms with Crippen LogP contribution in [0.4, 0.5) is 10.7 Å². The van der Waals surface area contributed by atoms with Crippen LogP contribution in [0.3, 0.4) is 0 Å². The average molecular weight is 633 g/mol. The molecule has 1 unspecified atom stereocenters. The van der Waals surface area contributed by atoms with Crippen LogP contribution in [0.1, 0.15) is 33.9 Å². The van der Waals surface area contributed by atoms with Crippen molar-refractivity contribution in [3.05, 3.63) is 6.33 Å². The van der Waals surface area contributed by atoms with Gasteiger partial charge in [-0.2, -0.15) is 9.97 Å². The molecular formula is C22H33N8O10PS. The third-order valence-electron chi connectivity index (χ3n) is 6.34. The molecule has 2 aromatic heterocycles. The van der Waals surface area contributed by atoms with Crippen molar-refractivity contribution in [2.75, 3.05) is 25.2 Å². The third-order valence-corrected chi connectivity index (χ3v) is 10.5. The number of nitrogens with zero attached hydrogens (tertiary/aromatic N) is 4. The van der Waals surface area contributed by atoms with E-state index in [1.54, 1.807) is 13.8 Å². The van der Waals surface area contributed by atoms with Gasteiger partial charge in [0.15, 0.2) is 17.4 Å². The van der Waals surface area contributed by atoms with Gasteiger partial charge in [-0.3, -0.25) is 24.0 Å². The fraction of sp³-hybridized carbons (Fsp3) is 0.636. The largest absolute Gasteiger partial charge is 0.479 e. The van der Waals surface area contributed by atoms with Crippen LogP contribution in [0.2, 0.25) is 0 Å². The fourth-order valence-corrected chi connectivity index (χ4v) is 8.12. The maximum Gasteiger partial charge on any atom is 0.327 e. The minimum absolute atomic E-state index is 0.0932. The smallest absolute Gasteiger partial charge is 0.327 e. The van der Waals surface area contributed by atoms with Crippen molar-refractivity contribution < 1.29 is 47.9 Å². The summed E-state index contributed by atoms with van der Waals surface area (Å²) in [5.41, 5.74) is 4.26. The highest BCUT2D eigenvalue weighted by Gasteiger charge is 2.54. The van der Waals surface area contributed by atoms with Crippen LogP contribution < -0.4 is 26.2 Å². The first kappa shape index (κ1) is 31.9. The quantitative estimate of drug-likeness (QED) is 0.0972. The van der Waals surface area contributed by atoms with Gasteiger partial charge in [0.1, 0.15) is 29.9 Å². The average Bonchev–Trinajstić information content (AvgIpc) is 3.53. The standard InChI is InChI=1S/C22H33N8O10PS/c1-9(2)39-18(33)10(3)29-41(36,42-7-11-16(32)27-21(34)25-11)38-6-12-14(31)22(4,35)19(40-12)30-8-24-13-15(30)26-20(23)28-17(13)37-5/h8-12,14,19,31,35H,6-7H2,1-5H3,(H,29,36)(H2,23,26,28)(H2,25,27,32,34)/t10-,11?,12-,14-,19-,22-,41-/m1/s1. The number of aromatic nitrogens is 4. The zero-order valence-corrected chi connectivity index (χ0v) is 25.0. The highest BCUT2D eigenvalue weighted by Crippen LogP contribution is 2.57. The maximum atomic E-state index is 13.9. The normalized spacial score (nSPS) is 28.0. The Balaban J connectivity index is 1.53. The number of imidazole rings is 1. The van der Waals surface area contributed by atoms with Gasteiger partial charge < -0.3 is 40.0 Å². The Morgan fingerprint density at radius 3 is 2.69 bits per heavy atom. The van der Waals surface area contributed by atoms with E-state index in [-0.39, 0.29) is 28.7 Å². The van der Waals surface area contributed by atoms with Crippen molar-refractivity contribution in [2.24, 2.45) is 0 Å². The molecule has 0 spiro atoms. The molecule has 0 radical (unpaired) electrons. The minimum Gasteiger partial charge on any atom is -0.479 e. The molecule has 0 aliphatic carbocycles. The number of methoxy groups -OCH3 is 1. The van der Waals surface area contributed by atoms with Gasteiger partial charge in [-0.1, -0.05) is 11.4 Å². The van der Waals surface area contributed by atoms with Crippen molar-refractivity contribution >= 4 is 53.1 Å². The Hall–Kier alpha value is -3.06. The zero-order chi connectivity index (χ0) is 31.0. The fourth-order valence-electron chi connectivity index (χ4n) is 4.25. The Morgan fingerprint density at radius 2 is 2.07 bits per heavy atom. The molecule has 7 N–H and O–H groups in total. The second kappa shape index (κ2) is 12.3. The van der Waals surface area contributed by atoms with Gasteiger partial charge in [0.05, 0.1) is 26.1 Å². The molecule has 18 nitrogen and oxygen atoms in total. The van der Waals surface area contributed by atoms with Crippen LogP contribution in [-0.2, 0) is 28.2 Å². The van der Waals surface area contributed by atoms with Crippen molar-refractivity contribution in [1.29, 1.82) is 0 Å². The highest BCUT2D eigenvalue weighted by molar-refractivity contribution is 8.56. The van der Waals surface area contributed by atoms with Crippen molar-refractivity contribution in [2.45, 2.75) is 69.9 Å². The number of hydrogen-bond acceptors (Lipinski definition) is 15. The topological polar surface area (TPSA) is 251 Å². The van der Waals surface area contributed by atoms with E-state index in [2.05, 4.69) is 30.7 Å². The van der Waals surface area contributed by atoms with E-state index in [9.17, 15) is 29.2 Å². The molecule has 2 aliphatic rings. The van der Waals surface area contributed by atoms with Crippen LogP contribution in [0.15, 0.2) is 6.33 Å². The summed E-state index contributed by atoms with van der Waals surface area (Å²) in [6.07, 6.45) is -3.16. The summed E-state index contributed by atoms with van der Waals surface area (Å²) in [6.45, 7) is 1.48. The van der Waals surface area contributed by atoms with Gasteiger partial charge in [0, 0.05) is 5.75 Å². The van der Waals surface area contributed by atoms with E-state index in [1.807, 2.05) is 0 Å². The summed E-state index contributed by atoms with van der Waals surface area (Å²) >= 11 is 0.661. The van der Waals surface area contributed by atoms with E-state index in [1.165, 1.54) is 31.9 Å². The molecule has 20 heteroatoms. The molecule has 42 heavy (non-hydrogen) atoms. The first-order valence-corrected chi connectivity index (χ1v) is 16.0. The minimum atomic E-state index is -4.04. The van der Waals surface area contributed by atoms with E-state index in [4.69, 9.17) is 24.5 Å². The number of fused-ring (bicyclic) bond motifs is 1. The number of hydrogen-bond donors (Lipinski definition) is 6. The lowest BCUT2D eigenvalue weighted by Gasteiger charge is -2.27. The van der Waals surface area contributed by atoms with E-state index in [0.717, 1.165) is 0 Å². The van der Waals surface area contributed by atoms with Gasteiger partial charge in [-0.15, -0.1) is 0 Å². The molecule has 2 aliphatic heterocycles. The molecule has 4 heterocycles. The van der Waals surface area contributed by atoms with Crippen LogP contribution in [0.5, 0.6) is 5.88 Å². The molecule has 0 bridgehead atoms. The SMILES string of the molecule is COc1nc(N)nc2c1ncn2[C@@H]1O[C@H](CO[P@](=O)(N[C@H](C)C(=O)OC(C)C)SCC2NC(=O)NC2=O)[C@@H](O)[C@@]1(C)O. The Morgan fingerprint density at radius 1 is 1.36 bits per heavy atom. The number of amides is 3. The van der Waals surface area contributed by atoms with Crippen molar-refractivity contribution in [3.8, 4) is 5.88 Å². The van der Waals surface area contributed by atoms with Gasteiger partial charge in [-0.05, 0) is 27.7 Å². The maximum absolute atomic E-state index is 13.9. The van der Waals surface area contributed by atoms with Gasteiger partial charge >= 0.3 is 18.7 Å². The van der Waals surface area contributed by atoms with Gasteiger partial charge in [0.2, 0.25) is 11.8 Å². The molecule has 0 saturated carbocycles. The van der Waals surface area contributed by atoms with Crippen molar-refractivity contribution in [1.82, 2.24) is 35.2 Å². The number of aliphatic hydroxyl groups is 2. The predicted molar refractivity (Wildman–Crippen MR) is 147 cm³/mol. The Bertz CT molecular complexity index is 1410. The van der Waals surface area contributed by atoms with E-state index >= 15 is 0 Å². The lowest BCUT2D eigenvalue weighted by atomic mass is 9.96. The number of carbonyl (C=O) groups is 3. The molecule has 0 aromatic carbocycles. The molecule has 3 amide bonds. The summed E-state index contributed by atoms with van der Waals surface area (Å²) < 4.78 is 37.2. The van der Waals surface area contributed by atoms with E-state index < -0.39 is 73.5 Å². The lowest BCUT2D eigenvalue weighted by molar-refractivity contribution is -0.149. The summed E-state index contributed by atoms with van der Waals surface area (Å²) in [5.74, 6) is -1.53. The number of carbonyl (C=O) groups excluding carboxylic acids is 3.